The molecule has 0 unspecified atom stereocenters. The van der Waals surface area contributed by atoms with Crippen molar-refractivity contribution in [2.45, 2.75) is 52.2 Å². The summed E-state index contributed by atoms with van der Waals surface area (Å²) in [7, 11) is 0. The molecule has 2 heterocycles. The number of rotatable bonds is 4. The van der Waals surface area contributed by atoms with Crippen molar-refractivity contribution in [1.29, 1.82) is 0 Å². The molecule has 33 heavy (non-hydrogen) atoms. The molecule has 2 aromatic carbocycles. The molecule has 1 saturated heterocycles. The lowest BCUT2D eigenvalue weighted by atomic mass is 10.0. The van der Waals surface area contributed by atoms with E-state index in [1.807, 2.05) is 63.2 Å². The van der Waals surface area contributed by atoms with E-state index in [4.69, 9.17) is 9.47 Å². The van der Waals surface area contributed by atoms with Gasteiger partial charge in [0.2, 0.25) is 0 Å². The van der Waals surface area contributed by atoms with Crippen LogP contribution < -0.4 is 9.80 Å². The first kappa shape index (κ1) is 22.9. The number of benzene rings is 2. The van der Waals surface area contributed by atoms with Gasteiger partial charge in [0.05, 0.1) is 5.69 Å². The molecule has 0 spiro atoms. The van der Waals surface area contributed by atoms with Gasteiger partial charge in [0.1, 0.15) is 12.2 Å². The van der Waals surface area contributed by atoms with Crippen molar-refractivity contribution in [3.05, 3.63) is 71.3 Å². The molecular weight excluding hydrogens is 416 g/mol. The minimum atomic E-state index is -0.479. The third kappa shape index (κ3) is 5.75. The van der Waals surface area contributed by atoms with Gasteiger partial charge in [0.25, 0.3) is 0 Å². The van der Waals surface area contributed by atoms with Crippen molar-refractivity contribution >= 4 is 23.4 Å². The Morgan fingerprint density at radius 1 is 0.909 bits per heavy atom. The molecule has 1 amide bonds. The lowest BCUT2D eigenvalue weighted by molar-refractivity contribution is -0.148. The molecule has 0 aromatic heterocycles. The fraction of sp³-hybridized carbons (Fsp3) is 0.407. The first-order valence-corrected chi connectivity index (χ1v) is 11.6. The molecule has 6 nitrogen and oxygen atoms in total. The van der Waals surface area contributed by atoms with Gasteiger partial charge < -0.3 is 14.4 Å². The summed E-state index contributed by atoms with van der Waals surface area (Å²) >= 11 is 0. The van der Waals surface area contributed by atoms with Crippen LogP contribution in [-0.4, -0.2) is 37.3 Å². The maximum Gasteiger partial charge on any atom is 0.414 e. The zero-order chi connectivity index (χ0) is 23.4. The van der Waals surface area contributed by atoms with Crippen molar-refractivity contribution in [2.75, 3.05) is 29.4 Å². The van der Waals surface area contributed by atoms with Crippen LogP contribution in [0.25, 0.3) is 0 Å². The lowest BCUT2D eigenvalue weighted by Gasteiger charge is -2.32. The zero-order valence-corrected chi connectivity index (χ0v) is 19.7. The van der Waals surface area contributed by atoms with Crippen molar-refractivity contribution in [2.24, 2.45) is 0 Å². The number of esters is 1. The molecule has 0 atom stereocenters. The Morgan fingerprint density at radius 2 is 1.61 bits per heavy atom. The summed E-state index contributed by atoms with van der Waals surface area (Å²) in [5, 5.41) is 0. The number of amides is 1. The van der Waals surface area contributed by atoms with E-state index >= 15 is 0 Å². The van der Waals surface area contributed by atoms with Crippen molar-refractivity contribution < 1.29 is 19.1 Å². The zero-order valence-electron chi connectivity index (χ0n) is 19.7. The van der Waals surface area contributed by atoms with Gasteiger partial charge in [-0.3, -0.25) is 4.90 Å². The largest absolute Gasteiger partial charge is 0.457 e. The monoisotopic (exact) mass is 448 g/mol. The predicted molar refractivity (Wildman–Crippen MR) is 129 cm³/mol. The molecule has 4 rings (SSSR count). The van der Waals surface area contributed by atoms with Crippen molar-refractivity contribution in [1.82, 2.24) is 0 Å². The number of ether oxygens (including phenoxy) is 2. The Balaban J connectivity index is 1.39. The van der Waals surface area contributed by atoms with Gasteiger partial charge in [-0.2, -0.15) is 0 Å². The highest BCUT2D eigenvalue weighted by atomic mass is 16.6. The average Bonchev–Trinajstić information content (AvgIpc) is 3.22. The van der Waals surface area contributed by atoms with Gasteiger partial charge in [-0.25, -0.2) is 9.59 Å². The smallest absolute Gasteiger partial charge is 0.414 e. The van der Waals surface area contributed by atoms with E-state index in [2.05, 4.69) is 11.0 Å². The number of carbonyl (C=O) groups is 2. The summed E-state index contributed by atoms with van der Waals surface area (Å²) in [5.41, 5.74) is 4.91. The van der Waals surface area contributed by atoms with Crippen molar-refractivity contribution in [3.63, 3.8) is 0 Å². The van der Waals surface area contributed by atoms with Gasteiger partial charge in [-0.05, 0) is 57.7 Å². The fourth-order valence-corrected chi connectivity index (χ4v) is 4.38. The van der Waals surface area contributed by atoms with E-state index in [-0.39, 0.29) is 18.7 Å². The summed E-state index contributed by atoms with van der Waals surface area (Å²) in [4.78, 5) is 29.0. The summed E-state index contributed by atoms with van der Waals surface area (Å²) in [6.07, 6.45) is 3.80. The quantitative estimate of drug-likeness (QED) is 0.472. The third-order valence-electron chi connectivity index (χ3n) is 5.90. The van der Waals surface area contributed by atoms with Gasteiger partial charge in [0.15, 0.2) is 0 Å². The summed E-state index contributed by atoms with van der Waals surface area (Å²) in [6.45, 7) is 8.20. The maximum atomic E-state index is 12.8. The summed E-state index contributed by atoms with van der Waals surface area (Å²) < 4.78 is 11.0. The maximum absolute atomic E-state index is 12.8. The van der Waals surface area contributed by atoms with E-state index < -0.39 is 5.60 Å². The van der Waals surface area contributed by atoms with E-state index in [1.165, 1.54) is 11.3 Å². The van der Waals surface area contributed by atoms with Gasteiger partial charge >= 0.3 is 12.1 Å². The highest BCUT2D eigenvalue weighted by Gasteiger charge is 2.29. The average molecular weight is 449 g/mol. The molecule has 2 aliphatic rings. The number of nitrogens with zero attached hydrogens (tertiary/aromatic N) is 2. The highest BCUT2D eigenvalue weighted by Crippen LogP contribution is 2.37. The molecule has 174 valence electrons. The van der Waals surface area contributed by atoms with Crippen LogP contribution in [0.4, 0.5) is 16.2 Å². The Kier molecular flexibility index (Phi) is 6.72. The minimum absolute atomic E-state index is 0.267. The summed E-state index contributed by atoms with van der Waals surface area (Å²) in [6, 6.07) is 15.8. The SMILES string of the molecule is CC(C)(C)OC(=O)C=C1CCN(c2cccc3c2CCN3C(=O)OCc2ccccc2)CC1. The Bertz CT molecular complexity index is 1030. The van der Waals surface area contributed by atoms with Crippen LogP contribution >= 0.6 is 0 Å². The number of anilines is 2. The third-order valence-corrected chi connectivity index (χ3v) is 5.90. The van der Waals surface area contributed by atoms with Gasteiger partial charge in [-0.1, -0.05) is 42.0 Å². The normalized spacial score (nSPS) is 15.8. The van der Waals surface area contributed by atoms with Crippen LogP contribution in [0.3, 0.4) is 0 Å². The molecule has 0 N–H and O–H groups in total. The second kappa shape index (κ2) is 9.69. The van der Waals surface area contributed by atoms with Gasteiger partial charge in [-0.15, -0.1) is 0 Å². The Hall–Kier alpha value is -3.28. The lowest BCUT2D eigenvalue weighted by Crippen LogP contribution is -2.32. The molecule has 0 bridgehead atoms. The number of hydrogen-bond donors (Lipinski definition) is 0. The molecule has 0 saturated carbocycles. The number of fused-ring (bicyclic) bond motifs is 1. The number of carbonyl (C=O) groups excluding carboxylic acids is 2. The molecule has 0 radical (unpaired) electrons. The molecule has 1 fully saturated rings. The second-order valence-electron chi connectivity index (χ2n) is 9.54. The topological polar surface area (TPSA) is 59.1 Å². The molecule has 2 aliphatic heterocycles. The van der Waals surface area contributed by atoms with Crippen LogP contribution in [0.2, 0.25) is 0 Å². The van der Waals surface area contributed by atoms with Crippen LogP contribution in [0.15, 0.2) is 60.2 Å². The Labute approximate surface area is 195 Å². The van der Waals surface area contributed by atoms with Crippen LogP contribution in [0, 0.1) is 0 Å². The molecular formula is C27H32N2O4. The summed E-state index contributed by atoms with van der Waals surface area (Å²) in [5.74, 6) is -0.267. The Morgan fingerprint density at radius 3 is 2.30 bits per heavy atom. The van der Waals surface area contributed by atoms with E-state index in [9.17, 15) is 9.59 Å². The highest BCUT2D eigenvalue weighted by molar-refractivity contribution is 5.92. The molecule has 6 heteroatoms. The number of hydrogen-bond acceptors (Lipinski definition) is 5. The predicted octanol–water partition coefficient (Wildman–Crippen LogP) is 5.25. The van der Waals surface area contributed by atoms with E-state index in [0.29, 0.717) is 6.54 Å². The molecule has 2 aromatic rings. The van der Waals surface area contributed by atoms with Crippen LogP contribution in [0.5, 0.6) is 0 Å². The van der Waals surface area contributed by atoms with Crippen molar-refractivity contribution in [3.8, 4) is 0 Å². The van der Waals surface area contributed by atoms with Crippen LogP contribution in [0.1, 0.15) is 44.7 Å². The standard InChI is InChI=1S/C27H32N2O4/c1-27(2,3)33-25(30)18-20-12-15-28(16-13-20)23-10-7-11-24-22(23)14-17-29(24)26(31)32-19-21-8-5-4-6-9-21/h4-11,18H,12-17,19H2,1-3H3. The van der Waals surface area contributed by atoms with Crippen LogP contribution in [-0.2, 0) is 27.3 Å². The minimum Gasteiger partial charge on any atom is -0.457 e. The molecule has 0 aliphatic carbocycles. The fourth-order valence-electron chi connectivity index (χ4n) is 4.38. The number of piperidine rings is 1. The first-order valence-electron chi connectivity index (χ1n) is 11.6. The van der Waals surface area contributed by atoms with E-state index in [1.54, 1.807) is 11.0 Å². The second-order valence-corrected chi connectivity index (χ2v) is 9.54. The first-order chi connectivity index (χ1) is 15.8. The van der Waals surface area contributed by atoms with E-state index in [0.717, 1.165) is 49.2 Å². The van der Waals surface area contributed by atoms with Gasteiger partial charge in [0, 0.05) is 37.0 Å².